The number of nitrogen functional groups attached to an aromatic ring is 1. The Morgan fingerprint density at radius 2 is 1.73 bits per heavy atom. The number of nitrogens with zero attached hydrogens (tertiary/aromatic N) is 3. The van der Waals surface area contributed by atoms with Gasteiger partial charge in [-0.15, -0.1) is 6.58 Å². The molecule has 1 aliphatic rings. The minimum atomic E-state index is 0.815. The molecule has 0 unspecified atom stereocenters. The molecule has 0 fully saturated rings. The van der Waals surface area contributed by atoms with E-state index in [4.69, 9.17) is 10.7 Å². The summed E-state index contributed by atoms with van der Waals surface area (Å²) in [6.45, 7) is 3.81. The highest BCUT2D eigenvalue weighted by molar-refractivity contribution is 5.80. The molecule has 4 heteroatoms. The van der Waals surface area contributed by atoms with Gasteiger partial charge >= 0.3 is 0 Å². The molecule has 2 aromatic carbocycles. The van der Waals surface area contributed by atoms with Gasteiger partial charge in [0.25, 0.3) is 0 Å². The second-order valence-electron chi connectivity index (χ2n) is 8.61. The van der Waals surface area contributed by atoms with Crippen LogP contribution in [0.25, 0.3) is 34.4 Å². The summed E-state index contributed by atoms with van der Waals surface area (Å²) in [7, 11) is 0. The minimum absolute atomic E-state index is 0.815. The summed E-state index contributed by atoms with van der Waals surface area (Å²) >= 11 is 0. The van der Waals surface area contributed by atoms with E-state index in [2.05, 4.69) is 82.6 Å². The van der Waals surface area contributed by atoms with Crippen molar-refractivity contribution < 1.29 is 0 Å². The van der Waals surface area contributed by atoms with Gasteiger partial charge in [-0.3, -0.25) is 0 Å². The molecule has 2 N–H and O–H groups in total. The summed E-state index contributed by atoms with van der Waals surface area (Å²) in [5, 5.41) is 0. The Morgan fingerprint density at radius 1 is 0.939 bits per heavy atom. The fourth-order valence-electron chi connectivity index (χ4n) is 4.81. The molecule has 2 heterocycles. The van der Waals surface area contributed by atoms with E-state index < -0.39 is 0 Å². The maximum atomic E-state index is 6.46. The minimum Gasteiger partial charge on any atom is -0.385 e. The molecule has 0 radical (unpaired) electrons. The number of imidazole rings is 1. The normalized spacial score (nSPS) is 13.7. The van der Waals surface area contributed by atoms with Gasteiger partial charge < -0.3 is 14.9 Å². The van der Waals surface area contributed by atoms with Crippen molar-refractivity contribution in [2.75, 3.05) is 5.73 Å². The Hall–Kier alpha value is -3.79. The molecule has 0 amide bonds. The van der Waals surface area contributed by atoms with Crippen LogP contribution in [0, 0.1) is 0 Å². The summed E-state index contributed by atoms with van der Waals surface area (Å²) in [4.78, 5) is 4.76. The molecule has 0 aliphatic heterocycles. The van der Waals surface area contributed by atoms with Crippen molar-refractivity contribution in [3.05, 3.63) is 97.0 Å². The molecule has 2 aromatic heterocycles. The van der Waals surface area contributed by atoms with Gasteiger partial charge in [-0.2, -0.15) is 0 Å². The molecule has 0 saturated heterocycles. The second kappa shape index (κ2) is 9.37. The second-order valence-corrected chi connectivity index (χ2v) is 8.61. The molecule has 0 bridgehead atoms. The third-order valence-corrected chi connectivity index (χ3v) is 6.39. The van der Waals surface area contributed by atoms with Crippen LogP contribution in [-0.4, -0.2) is 14.1 Å². The van der Waals surface area contributed by atoms with Crippen LogP contribution < -0.4 is 5.73 Å². The molecule has 166 valence electrons. The van der Waals surface area contributed by atoms with Crippen LogP contribution >= 0.6 is 0 Å². The van der Waals surface area contributed by atoms with E-state index in [0.29, 0.717) is 0 Å². The Morgan fingerprint density at radius 3 is 2.52 bits per heavy atom. The number of fused-ring (bicyclic) bond motifs is 1. The number of hydrogen-bond donors (Lipinski definition) is 1. The summed E-state index contributed by atoms with van der Waals surface area (Å²) in [5.74, 6) is 0.831. The van der Waals surface area contributed by atoms with Crippen molar-refractivity contribution in [3.63, 3.8) is 0 Å². The molecule has 0 saturated carbocycles. The van der Waals surface area contributed by atoms with Gasteiger partial charge in [0.2, 0.25) is 0 Å². The van der Waals surface area contributed by atoms with Crippen LogP contribution in [0.4, 0.5) is 5.82 Å². The van der Waals surface area contributed by atoms with Gasteiger partial charge in [-0.05, 0) is 55.9 Å². The van der Waals surface area contributed by atoms with Gasteiger partial charge in [0.15, 0.2) is 0 Å². The molecule has 5 rings (SSSR count). The lowest BCUT2D eigenvalue weighted by Crippen LogP contribution is -2.05. The highest BCUT2D eigenvalue weighted by Crippen LogP contribution is 2.34. The molecule has 4 nitrogen and oxygen atoms in total. The van der Waals surface area contributed by atoms with E-state index in [1.807, 2.05) is 18.5 Å². The highest BCUT2D eigenvalue weighted by atomic mass is 15.1. The monoisotopic (exact) mass is 434 g/mol. The third-order valence-electron chi connectivity index (χ3n) is 6.39. The lowest BCUT2D eigenvalue weighted by Gasteiger charge is -2.13. The van der Waals surface area contributed by atoms with Crippen LogP contribution in [0.15, 0.2) is 85.7 Å². The molecule has 4 aromatic rings. The zero-order chi connectivity index (χ0) is 22.6. The fraction of sp³-hybridized carbons (Fsp3) is 0.207. The topological polar surface area (TPSA) is 48.8 Å². The van der Waals surface area contributed by atoms with Crippen LogP contribution in [0.2, 0.25) is 0 Å². The number of anilines is 1. The Balaban J connectivity index is 1.57. The van der Waals surface area contributed by atoms with Gasteiger partial charge in [0, 0.05) is 28.7 Å². The number of allylic oxidation sites excluding steroid dienone is 2. The lowest BCUT2D eigenvalue weighted by molar-refractivity contribution is 0.702. The van der Waals surface area contributed by atoms with Crippen LogP contribution in [0.1, 0.15) is 36.9 Å². The number of aromatic nitrogens is 3. The third kappa shape index (κ3) is 4.17. The first kappa shape index (κ1) is 21.1. The van der Waals surface area contributed by atoms with Crippen LogP contribution in [-0.2, 0) is 12.8 Å². The van der Waals surface area contributed by atoms with E-state index in [1.54, 1.807) is 0 Å². The Labute approximate surface area is 195 Å². The number of benzene rings is 2. The van der Waals surface area contributed by atoms with E-state index in [1.165, 1.54) is 30.5 Å². The average molecular weight is 435 g/mol. The van der Waals surface area contributed by atoms with Gasteiger partial charge in [0.05, 0.1) is 17.7 Å². The standard InChI is InChI=1S/C29H30N4/c1-2-3-10-19-32-21-31-28(22-11-6-4-7-12-22)29(32)23-15-17-25(18-16-23)33-26-14-9-5-8-13-24(26)20-27(33)30/h2,4,6-7,10-12,15-21H,1,3,5,8-9,13-14,30H2. The molecular weight excluding hydrogens is 404 g/mol. The lowest BCUT2D eigenvalue weighted by atomic mass is 10.0. The zero-order valence-electron chi connectivity index (χ0n) is 19.0. The molecule has 1 aliphatic carbocycles. The van der Waals surface area contributed by atoms with Crippen LogP contribution in [0.3, 0.4) is 0 Å². The highest BCUT2D eigenvalue weighted by Gasteiger charge is 2.18. The van der Waals surface area contributed by atoms with Gasteiger partial charge in [0.1, 0.15) is 5.82 Å². The van der Waals surface area contributed by atoms with Crippen molar-refractivity contribution in [3.8, 4) is 28.2 Å². The number of aryl methyl sites for hydroxylation is 1. The number of nitrogens with two attached hydrogens (primary N) is 1. The largest absolute Gasteiger partial charge is 0.385 e. The Kier molecular flexibility index (Phi) is 5.99. The van der Waals surface area contributed by atoms with Crippen molar-refractivity contribution >= 4 is 12.0 Å². The number of hydrogen-bond acceptors (Lipinski definition) is 2. The average Bonchev–Trinajstić information content (AvgIpc) is 3.32. The molecule has 0 atom stereocenters. The zero-order valence-corrected chi connectivity index (χ0v) is 19.0. The first-order valence-electron chi connectivity index (χ1n) is 11.8. The SMILES string of the molecule is C=CCC=Cn1cnc(-c2ccccc2)c1-c1ccc(-n2c(N)cc3c2CCCCC3)cc1. The number of rotatable bonds is 6. The predicted molar refractivity (Wildman–Crippen MR) is 138 cm³/mol. The summed E-state index contributed by atoms with van der Waals surface area (Å²) < 4.78 is 4.33. The van der Waals surface area contributed by atoms with E-state index in [0.717, 1.165) is 53.3 Å². The quantitative estimate of drug-likeness (QED) is 0.265. The maximum Gasteiger partial charge on any atom is 0.108 e. The molecule has 33 heavy (non-hydrogen) atoms. The smallest absolute Gasteiger partial charge is 0.108 e. The van der Waals surface area contributed by atoms with Crippen molar-refractivity contribution in [1.29, 1.82) is 0 Å². The molecule has 0 spiro atoms. The van der Waals surface area contributed by atoms with E-state index in [-0.39, 0.29) is 0 Å². The van der Waals surface area contributed by atoms with Gasteiger partial charge in [-0.1, -0.05) is 61.0 Å². The molecular formula is C29H30N4. The van der Waals surface area contributed by atoms with E-state index >= 15 is 0 Å². The van der Waals surface area contributed by atoms with Crippen LogP contribution in [0.5, 0.6) is 0 Å². The van der Waals surface area contributed by atoms with Crippen molar-refractivity contribution in [1.82, 2.24) is 14.1 Å². The van der Waals surface area contributed by atoms with Gasteiger partial charge in [-0.25, -0.2) is 4.98 Å². The summed E-state index contributed by atoms with van der Waals surface area (Å²) in [6, 6.07) is 21.2. The van der Waals surface area contributed by atoms with Crippen molar-refractivity contribution in [2.45, 2.75) is 38.5 Å². The maximum absolute atomic E-state index is 6.46. The predicted octanol–water partition coefficient (Wildman–Crippen LogP) is 6.91. The first-order valence-corrected chi connectivity index (χ1v) is 11.8. The fourth-order valence-corrected chi connectivity index (χ4v) is 4.81. The summed E-state index contributed by atoms with van der Waals surface area (Å²) in [5.41, 5.74) is 14.6. The summed E-state index contributed by atoms with van der Waals surface area (Å²) in [6.07, 6.45) is 14.7. The Bertz CT molecular complexity index is 1270. The van der Waals surface area contributed by atoms with Crippen molar-refractivity contribution in [2.24, 2.45) is 0 Å². The van der Waals surface area contributed by atoms with E-state index in [9.17, 15) is 0 Å². The first-order chi connectivity index (χ1) is 16.3.